The molecule has 1 aromatic heterocycles. The normalized spacial score (nSPS) is 11.6. The molecule has 174 valence electrons. The molecular weight excluding hydrogens is 513 g/mol. The van der Waals surface area contributed by atoms with Crippen molar-refractivity contribution in [1.29, 1.82) is 0 Å². The fraction of sp³-hybridized carbons (Fsp3) is 0.636. The predicted molar refractivity (Wildman–Crippen MR) is 127 cm³/mol. The van der Waals surface area contributed by atoms with E-state index in [9.17, 15) is 19.5 Å². The van der Waals surface area contributed by atoms with E-state index >= 15 is 0 Å². The van der Waals surface area contributed by atoms with E-state index in [1.54, 1.807) is 31.9 Å². The molecule has 0 aliphatic carbocycles. The summed E-state index contributed by atoms with van der Waals surface area (Å²) in [6.45, 7) is 9.42. The zero-order chi connectivity index (χ0) is 23.6. The van der Waals surface area contributed by atoms with E-state index in [1.807, 2.05) is 22.6 Å². The number of alkyl halides is 1. The number of aromatic nitrogens is 1. The third kappa shape index (κ3) is 10.4. The molecule has 0 atom stereocenters. The van der Waals surface area contributed by atoms with Crippen LogP contribution in [-0.2, 0) is 20.9 Å². The molecule has 9 heteroatoms. The second-order valence-electron chi connectivity index (χ2n) is 7.93. The van der Waals surface area contributed by atoms with Crippen LogP contribution in [0.1, 0.15) is 69.4 Å². The summed E-state index contributed by atoms with van der Waals surface area (Å²) < 4.78 is 4.65. The number of nitrogens with zero attached hydrogens (tertiary/aromatic N) is 3. The van der Waals surface area contributed by atoms with Crippen LogP contribution in [0.3, 0.4) is 0 Å². The van der Waals surface area contributed by atoms with E-state index < -0.39 is 9.58 Å². The predicted octanol–water partition coefficient (Wildman–Crippen LogP) is 3.72. The van der Waals surface area contributed by atoms with Crippen molar-refractivity contribution in [3.05, 3.63) is 29.6 Å². The second kappa shape index (κ2) is 12.9. The largest absolute Gasteiger partial charge is 0.478 e. The average molecular weight is 547 g/mol. The molecule has 0 aliphatic heterocycles. The van der Waals surface area contributed by atoms with Crippen LogP contribution in [0, 0.1) is 0 Å². The highest BCUT2D eigenvalue weighted by atomic mass is 127. The lowest BCUT2D eigenvalue weighted by atomic mass is 10.1. The Bertz CT molecular complexity index is 747. The minimum absolute atomic E-state index is 0.0533. The van der Waals surface area contributed by atoms with Gasteiger partial charge in [-0.15, -0.1) is 0 Å². The zero-order valence-corrected chi connectivity index (χ0v) is 21.2. The number of rotatable bonds is 13. The Labute approximate surface area is 198 Å². The minimum atomic E-state index is -0.979. The number of carboxylic acids is 1. The third-order valence-corrected chi connectivity index (χ3v) is 5.16. The maximum Gasteiger partial charge on any atom is 0.335 e. The number of ether oxygens (including phenoxy) is 1. The van der Waals surface area contributed by atoms with Crippen LogP contribution < -0.4 is 0 Å². The molecule has 0 unspecified atom stereocenters. The molecule has 0 fully saturated rings. The molecule has 1 N–H and O–H groups in total. The molecule has 0 saturated carbocycles. The quantitative estimate of drug-likeness (QED) is 0.228. The first-order valence-electron chi connectivity index (χ1n) is 10.5. The highest BCUT2D eigenvalue weighted by Gasteiger charge is 2.21. The number of carboxylic acid groups (broad SMARTS) is 1. The van der Waals surface area contributed by atoms with E-state index in [-0.39, 0.29) is 30.3 Å². The number of aromatic carboxylic acids is 1. The Morgan fingerprint density at radius 1 is 1.19 bits per heavy atom. The maximum atomic E-state index is 12.4. The van der Waals surface area contributed by atoms with E-state index in [1.165, 1.54) is 12.3 Å². The summed E-state index contributed by atoms with van der Waals surface area (Å²) >= 11 is 2.03. The molecule has 0 aromatic carbocycles. The van der Waals surface area contributed by atoms with Gasteiger partial charge in [-0.2, -0.15) is 0 Å². The number of hydrogen-bond acceptors (Lipinski definition) is 6. The van der Waals surface area contributed by atoms with Gasteiger partial charge in [0, 0.05) is 45.3 Å². The first kappa shape index (κ1) is 27.3. The van der Waals surface area contributed by atoms with Gasteiger partial charge < -0.3 is 14.7 Å². The number of carbonyl (C=O) groups is 3. The van der Waals surface area contributed by atoms with Crippen LogP contribution in [0.25, 0.3) is 0 Å². The monoisotopic (exact) mass is 547 g/mol. The molecular formula is C22H34IN3O5. The van der Waals surface area contributed by atoms with Crippen molar-refractivity contribution < 1.29 is 24.2 Å². The van der Waals surface area contributed by atoms with Crippen molar-refractivity contribution in [1.82, 2.24) is 14.8 Å². The van der Waals surface area contributed by atoms with Gasteiger partial charge in [0.2, 0.25) is 5.91 Å². The van der Waals surface area contributed by atoms with Gasteiger partial charge in [0.05, 0.1) is 17.7 Å². The number of hydrogen-bond donors (Lipinski definition) is 1. The van der Waals surface area contributed by atoms with Crippen molar-refractivity contribution >= 4 is 40.4 Å². The molecule has 0 aliphatic rings. The van der Waals surface area contributed by atoms with Gasteiger partial charge in [0.1, 0.15) is 0 Å². The minimum Gasteiger partial charge on any atom is -0.478 e. The van der Waals surface area contributed by atoms with Gasteiger partial charge >= 0.3 is 11.9 Å². The van der Waals surface area contributed by atoms with Crippen molar-refractivity contribution in [2.24, 2.45) is 0 Å². The van der Waals surface area contributed by atoms with Crippen molar-refractivity contribution in [2.45, 2.75) is 69.6 Å². The van der Waals surface area contributed by atoms with Gasteiger partial charge in [-0.05, 0) is 61.4 Å². The summed E-state index contributed by atoms with van der Waals surface area (Å²) in [5, 5.41) is 9.22. The Morgan fingerprint density at radius 3 is 2.39 bits per heavy atom. The van der Waals surface area contributed by atoms with Crippen LogP contribution in [-0.4, -0.2) is 67.5 Å². The van der Waals surface area contributed by atoms with Crippen LogP contribution >= 0.6 is 22.6 Å². The summed E-state index contributed by atoms with van der Waals surface area (Å²) in [7, 11) is 1.73. The van der Waals surface area contributed by atoms with Gasteiger partial charge in [0.25, 0.3) is 0 Å². The standard InChI is InChI=1S/C22H34IN3O5/c1-6-18(7-2)26(15-17-14-16(21(29)30)10-11-24-17)13-12-25(5)19(27)8-9-20(28)31-22(3,4)23/h10-11,14,18H,6-9,12-13,15H2,1-5H3,(H,29,30). The van der Waals surface area contributed by atoms with E-state index in [2.05, 4.69) is 23.7 Å². The van der Waals surface area contributed by atoms with Gasteiger partial charge in [-0.3, -0.25) is 19.5 Å². The highest BCUT2D eigenvalue weighted by Crippen LogP contribution is 2.19. The highest BCUT2D eigenvalue weighted by molar-refractivity contribution is 14.1. The summed E-state index contributed by atoms with van der Waals surface area (Å²) in [6, 6.07) is 3.36. The van der Waals surface area contributed by atoms with E-state index in [0.29, 0.717) is 31.4 Å². The molecule has 1 rings (SSSR count). The third-order valence-electron chi connectivity index (χ3n) is 4.94. The maximum absolute atomic E-state index is 12.4. The van der Waals surface area contributed by atoms with Gasteiger partial charge in [0.15, 0.2) is 3.61 Å². The molecule has 1 aromatic rings. The van der Waals surface area contributed by atoms with E-state index in [0.717, 1.165) is 12.8 Å². The number of carbonyl (C=O) groups excluding carboxylic acids is 2. The fourth-order valence-corrected chi connectivity index (χ4v) is 3.47. The smallest absolute Gasteiger partial charge is 0.335 e. The molecule has 1 heterocycles. The lowest BCUT2D eigenvalue weighted by molar-refractivity contribution is -0.150. The molecule has 0 spiro atoms. The molecule has 0 bridgehead atoms. The first-order valence-corrected chi connectivity index (χ1v) is 11.6. The number of pyridine rings is 1. The zero-order valence-electron chi connectivity index (χ0n) is 19.1. The molecule has 8 nitrogen and oxygen atoms in total. The summed E-state index contributed by atoms with van der Waals surface area (Å²) in [6.07, 6.45) is 3.54. The van der Waals surface area contributed by atoms with Crippen molar-refractivity contribution in [3.8, 4) is 0 Å². The summed E-state index contributed by atoms with van der Waals surface area (Å²) in [5.41, 5.74) is 0.897. The van der Waals surface area contributed by atoms with E-state index in [4.69, 9.17) is 4.74 Å². The molecule has 0 saturated heterocycles. The summed E-state index contributed by atoms with van der Waals surface area (Å²) in [4.78, 5) is 43.7. The Morgan fingerprint density at radius 2 is 1.84 bits per heavy atom. The SMILES string of the molecule is CCC(CC)N(CCN(C)C(=O)CCC(=O)OC(C)(C)I)Cc1cc(C(=O)O)ccn1. The van der Waals surface area contributed by atoms with Crippen LogP contribution in [0.5, 0.6) is 0 Å². The fourth-order valence-electron chi connectivity index (χ4n) is 3.23. The lowest BCUT2D eigenvalue weighted by Crippen LogP contribution is -2.41. The number of amides is 1. The molecule has 1 amide bonds. The summed E-state index contributed by atoms with van der Waals surface area (Å²) in [5.74, 6) is -1.48. The number of halogens is 1. The van der Waals surface area contributed by atoms with Gasteiger partial charge in [-0.25, -0.2) is 4.79 Å². The topological polar surface area (TPSA) is 100 Å². The molecule has 31 heavy (non-hydrogen) atoms. The second-order valence-corrected chi connectivity index (χ2v) is 10.5. The van der Waals surface area contributed by atoms with Crippen LogP contribution in [0.4, 0.5) is 0 Å². The number of likely N-dealkylation sites (N-methyl/N-ethyl adjacent to an activating group) is 1. The van der Waals surface area contributed by atoms with Gasteiger partial charge in [-0.1, -0.05) is 13.8 Å². The van der Waals surface area contributed by atoms with Crippen LogP contribution in [0.15, 0.2) is 18.3 Å². The Hall–Kier alpha value is -1.75. The lowest BCUT2D eigenvalue weighted by Gasteiger charge is -2.32. The van der Waals surface area contributed by atoms with Crippen LogP contribution in [0.2, 0.25) is 0 Å². The Kier molecular flexibility index (Phi) is 11.4. The average Bonchev–Trinajstić information content (AvgIpc) is 2.69. The van der Waals surface area contributed by atoms with Crippen molar-refractivity contribution in [2.75, 3.05) is 20.1 Å². The van der Waals surface area contributed by atoms with Crippen molar-refractivity contribution in [3.63, 3.8) is 0 Å². The number of esters is 1. The Balaban J connectivity index is 2.69. The molecule has 0 radical (unpaired) electrons. The first-order chi connectivity index (χ1) is 14.5.